The van der Waals surface area contributed by atoms with Crippen LogP contribution >= 0.6 is 0 Å². The maximum Gasteiger partial charge on any atom is 0.336 e. The average Bonchev–Trinajstić information content (AvgIpc) is 2.28. The molecule has 0 atom stereocenters. The first-order chi connectivity index (χ1) is 8.43. The fourth-order valence-corrected chi connectivity index (χ4v) is 1.55. The maximum absolute atomic E-state index is 11.2. The Hall–Kier alpha value is -2.43. The second-order valence-corrected chi connectivity index (χ2v) is 3.71. The third kappa shape index (κ3) is 3.28. The first kappa shape index (κ1) is 13.6. The molecule has 0 unspecified atom stereocenters. The summed E-state index contributed by atoms with van der Waals surface area (Å²) in [6.07, 6.45) is -0.411. The third-order valence-electron chi connectivity index (χ3n) is 2.26. The molecule has 0 aliphatic rings. The van der Waals surface area contributed by atoms with Gasteiger partial charge in [0, 0.05) is 6.42 Å². The maximum atomic E-state index is 11.2. The summed E-state index contributed by atoms with van der Waals surface area (Å²) in [5.74, 6) is -3.16. The molecule has 0 fully saturated rings. The molecule has 0 bridgehead atoms. The van der Waals surface area contributed by atoms with E-state index in [4.69, 9.17) is 10.2 Å². The van der Waals surface area contributed by atoms with E-state index in [2.05, 4.69) is 0 Å². The number of hydrogen-bond donors (Lipinski definition) is 2. The monoisotopic (exact) mass is 248 g/mol. The molecule has 0 radical (unpaired) electrons. The molecule has 0 saturated carbocycles. The summed E-state index contributed by atoms with van der Waals surface area (Å²) in [6.45, 7) is 1.22. The van der Waals surface area contributed by atoms with E-state index in [1.807, 2.05) is 0 Å². The van der Waals surface area contributed by atoms with Crippen LogP contribution in [-0.4, -0.2) is 27.9 Å². The zero-order valence-corrected chi connectivity index (χ0v) is 9.71. The number of rotatable bonds is 5. The molecule has 0 amide bonds. The Morgan fingerprint density at radius 3 is 1.94 bits per heavy atom. The van der Waals surface area contributed by atoms with E-state index in [1.54, 1.807) is 18.2 Å². The molecule has 1 rings (SSSR count). The summed E-state index contributed by atoms with van der Waals surface area (Å²) in [5.41, 5.74) is -0.483. The van der Waals surface area contributed by atoms with Gasteiger partial charge in [-0.3, -0.25) is 4.79 Å². The number of Topliss-reactive ketones (excluding diaryl/α,β-unsaturated/α-hetero) is 1. The van der Waals surface area contributed by atoms with Crippen LogP contribution in [0, 0.1) is 0 Å². The quantitative estimate of drug-likeness (QED) is 0.772. The number of carboxylic acids is 2. The molecule has 5 heteroatoms. The van der Waals surface area contributed by atoms with Crippen LogP contribution in [0.5, 0.6) is 0 Å². The first-order valence-corrected chi connectivity index (χ1v) is 5.18. The highest BCUT2D eigenvalue weighted by Gasteiger charge is 2.22. The number of carboxylic acid groups (broad SMARTS) is 2. The minimum absolute atomic E-state index is 0.267. The normalized spacial score (nSPS) is 11.6. The lowest BCUT2D eigenvalue weighted by molar-refractivity contribution is -0.135. The van der Waals surface area contributed by atoms with E-state index >= 15 is 0 Å². The molecule has 0 saturated heterocycles. The van der Waals surface area contributed by atoms with E-state index < -0.39 is 29.7 Å². The van der Waals surface area contributed by atoms with Crippen LogP contribution < -0.4 is 0 Å². The molecule has 0 aromatic heterocycles. The van der Waals surface area contributed by atoms with E-state index in [0.29, 0.717) is 0 Å². The van der Waals surface area contributed by atoms with Crippen LogP contribution in [0.4, 0.5) is 0 Å². The van der Waals surface area contributed by atoms with Gasteiger partial charge in [-0.05, 0) is 12.5 Å². The Bertz CT molecular complexity index is 513. The molecule has 2 N–H and O–H groups in total. The predicted molar refractivity (Wildman–Crippen MR) is 63.9 cm³/mol. The molecule has 0 aliphatic heterocycles. The van der Waals surface area contributed by atoms with Crippen molar-refractivity contribution in [3.05, 3.63) is 41.5 Å². The molecule has 94 valence electrons. The molecular formula is C13H12O5. The van der Waals surface area contributed by atoms with Gasteiger partial charge < -0.3 is 10.2 Å². The Labute approximate surface area is 103 Å². The highest BCUT2D eigenvalue weighted by atomic mass is 16.4. The van der Waals surface area contributed by atoms with E-state index in [0.717, 1.165) is 0 Å². The van der Waals surface area contributed by atoms with Gasteiger partial charge in [-0.1, -0.05) is 30.3 Å². The second kappa shape index (κ2) is 5.77. The van der Waals surface area contributed by atoms with Gasteiger partial charge in [0.25, 0.3) is 0 Å². The topological polar surface area (TPSA) is 91.7 Å². The SMILES string of the molecule is CC(=O)CC(C(=O)O)=C(C(=O)O)c1ccccc1. The third-order valence-corrected chi connectivity index (χ3v) is 2.26. The summed E-state index contributed by atoms with van der Waals surface area (Å²) in [6, 6.07) is 7.88. The smallest absolute Gasteiger partial charge is 0.336 e. The van der Waals surface area contributed by atoms with Crippen LogP contribution in [0.3, 0.4) is 0 Å². The Morgan fingerprint density at radius 1 is 1.00 bits per heavy atom. The van der Waals surface area contributed by atoms with Crippen molar-refractivity contribution >= 4 is 23.3 Å². The van der Waals surface area contributed by atoms with Gasteiger partial charge in [0.1, 0.15) is 5.78 Å². The number of carbonyl (C=O) groups excluding carboxylic acids is 1. The van der Waals surface area contributed by atoms with E-state index in [9.17, 15) is 14.4 Å². The average molecular weight is 248 g/mol. The molecule has 0 aliphatic carbocycles. The lowest BCUT2D eigenvalue weighted by Crippen LogP contribution is -2.13. The van der Waals surface area contributed by atoms with E-state index in [1.165, 1.54) is 19.1 Å². The van der Waals surface area contributed by atoms with Gasteiger partial charge in [-0.2, -0.15) is 0 Å². The molecule has 18 heavy (non-hydrogen) atoms. The van der Waals surface area contributed by atoms with Crippen molar-refractivity contribution in [3.8, 4) is 0 Å². The molecule has 1 aromatic carbocycles. The number of carbonyl (C=O) groups is 3. The summed E-state index contributed by atoms with van der Waals surface area (Å²) >= 11 is 0. The number of benzene rings is 1. The second-order valence-electron chi connectivity index (χ2n) is 3.71. The van der Waals surface area contributed by atoms with Crippen LogP contribution in [0.25, 0.3) is 5.57 Å². The summed E-state index contributed by atoms with van der Waals surface area (Å²) in [7, 11) is 0. The van der Waals surface area contributed by atoms with Crippen molar-refractivity contribution in [2.45, 2.75) is 13.3 Å². The van der Waals surface area contributed by atoms with Crippen molar-refractivity contribution in [2.24, 2.45) is 0 Å². The largest absolute Gasteiger partial charge is 0.478 e. The summed E-state index contributed by atoms with van der Waals surface area (Å²) < 4.78 is 0. The van der Waals surface area contributed by atoms with Gasteiger partial charge in [0.05, 0.1) is 11.1 Å². The fourth-order valence-electron chi connectivity index (χ4n) is 1.55. The van der Waals surface area contributed by atoms with Crippen LogP contribution in [0.1, 0.15) is 18.9 Å². The van der Waals surface area contributed by atoms with Gasteiger partial charge in [0.2, 0.25) is 0 Å². The first-order valence-electron chi connectivity index (χ1n) is 5.18. The predicted octanol–water partition coefficient (Wildman–Crippen LogP) is 1.59. The Balaban J connectivity index is 3.43. The molecule has 1 aromatic rings. The lowest BCUT2D eigenvalue weighted by Gasteiger charge is -2.07. The summed E-state index contributed by atoms with van der Waals surface area (Å²) in [4.78, 5) is 33.3. The van der Waals surface area contributed by atoms with Crippen molar-refractivity contribution in [1.82, 2.24) is 0 Å². The zero-order valence-electron chi connectivity index (χ0n) is 9.71. The number of ketones is 1. The van der Waals surface area contributed by atoms with Crippen LogP contribution in [0.15, 0.2) is 35.9 Å². The number of hydrogen-bond acceptors (Lipinski definition) is 3. The molecule has 5 nitrogen and oxygen atoms in total. The highest BCUT2D eigenvalue weighted by molar-refractivity contribution is 6.22. The minimum Gasteiger partial charge on any atom is -0.478 e. The van der Waals surface area contributed by atoms with Crippen LogP contribution in [-0.2, 0) is 14.4 Å². The minimum atomic E-state index is -1.40. The van der Waals surface area contributed by atoms with Gasteiger partial charge in [-0.15, -0.1) is 0 Å². The Kier molecular flexibility index (Phi) is 4.37. The fraction of sp³-hybridized carbons (Fsp3) is 0.154. The van der Waals surface area contributed by atoms with Crippen molar-refractivity contribution < 1.29 is 24.6 Å². The van der Waals surface area contributed by atoms with E-state index in [-0.39, 0.29) is 11.1 Å². The molecule has 0 spiro atoms. The number of aliphatic carboxylic acids is 2. The standard InChI is InChI=1S/C13H12O5/c1-8(14)7-10(12(15)16)11(13(17)18)9-5-3-2-4-6-9/h2-6H,7H2,1H3,(H,15,16)(H,17,18). The van der Waals surface area contributed by atoms with Crippen LogP contribution in [0.2, 0.25) is 0 Å². The van der Waals surface area contributed by atoms with Gasteiger partial charge in [0.15, 0.2) is 0 Å². The lowest BCUT2D eigenvalue weighted by atomic mass is 9.96. The zero-order chi connectivity index (χ0) is 13.7. The summed E-state index contributed by atoms with van der Waals surface area (Å²) in [5, 5.41) is 18.2. The molecular weight excluding hydrogens is 236 g/mol. The molecule has 0 heterocycles. The Morgan fingerprint density at radius 2 is 1.56 bits per heavy atom. The highest BCUT2D eigenvalue weighted by Crippen LogP contribution is 2.21. The van der Waals surface area contributed by atoms with Crippen molar-refractivity contribution in [1.29, 1.82) is 0 Å². The van der Waals surface area contributed by atoms with Gasteiger partial charge in [-0.25, -0.2) is 9.59 Å². The van der Waals surface area contributed by atoms with Crippen molar-refractivity contribution in [2.75, 3.05) is 0 Å². The van der Waals surface area contributed by atoms with Crippen molar-refractivity contribution in [3.63, 3.8) is 0 Å². The van der Waals surface area contributed by atoms with Gasteiger partial charge >= 0.3 is 11.9 Å².